The molecule has 0 fully saturated rings. The Morgan fingerprint density at radius 1 is 0.635 bits per heavy atom. The van der Waals surface area contributed by atoms with Crippen molar-refractivity contribution in [3.63, 3.8) is 0 Å². The van der Waals surface area contributed by atoms with Crippen LogP contribution < -0.4 is 9.64 Å². The number of pyridine rings is 1. The Kier molecular flexibility index (Phi) is 9.27. The van der Waals surface area contributed by atoms with Gasteiger partial charge in [0.05, 0.1) is 0 Å². The second-order valence-electron chi connectivity index (χ2n) is 17.5. The third-order valence-electron chi connectivity index (χ3n) is 10.4. The van der Waals surface area contributed by atoms with Crippen LogP contribution in [-0.4, -0.2) is 20.2 Å². The predicted molar refractivity (Wildman–Crippen MR) is 213 cm³/mol. The van der Waals surface area contributed by atoms with Crippen LogP contribution >= 0.6 is 0 Å². The van der Waals surface area contributed by atoms with E-state index >= 15 is 0 Å². The number of hydrogen-bond acceptors (Lipinski definition) is 3. The van der Waals surface area contributed by atoms with Crippen molar-refractivity contribution in [2.24, 2.45) is 0 Å². The van der Waals surface area contributed by atoms with Gasteiger partial charge in [0, 0.05) is 6.20 Å². The minimum atomic E-state index is -0.0900. The minimum Gasteiger partial charge on any atom is -0.0561 e. The molecule has 0 radical (unpaired) electrons. The van der Waals surface area contributed by atoms with Gasteiger partial charge in [-0.15, -0.1) is 0 Å². The van der Waals surface area contributed by atoms with Crippen molar-refractivity contribution in [2.75, 3.05) is 4.90 Å². The SMILES string of the molecule is CC1CCc2ccc(Oc3cc(-n4[c](=[Pt])n(-c5ccc(C(C)(C)C)cc5)c5ccccc54)cc(C(C)(C)C)c3)cc2N1c1cc(C(C)(C)C)ccn1. The fourth-order valence-corrected chi connectivity index (χ4v) is 8.33. The Labute approximate surface area is 320 Å². The van der Waals surface area contributed by atoms with Crippen LogP contribution in [0.3, 0.4) is 0 Å². The van der Waals surface area contributed by atoms with E-state index in [1.807, 2.05) is 6.20 Å². The van der Waals surface area contributed by atoms with Crippen LogP contribution in [0.5, 0.6) is 11.5 Å². The van der Waals surface area contributed by atoms with E-state index in [9.17, 15) is 0 Å². The maximum absolute atomic E-state index is 6.86. The summed E-state index contributed by atoms with van der Waals surface area (Å²) in [5.74, 6) is 2.63. The molecule has 7 rings (SSSR count). The summed E-state index contributed by atoms with van der Waals surface area (Å²) in [4.78, 5) is 7.28. The fraction of sp³-hybridized carbons (Fsp3) is 0.348. The van der Waals surface area contributed by atoms with Gasteiger partial charge in [-0.3, -0.25) is 0 Å². The fourth-order valence-electron chi connectivity index (χ4n) is 7.19. The number of fused-ring (bicyclic) bond motifs is 2. The summed E-state index contributed by atoms with van der Waals surface area (Å²) in [6, 6.07) is 35.7. The molecule has 1 unspecified atom stereocenters. The molecule has 6 heteroatoms. The van der Waals surface area contributed by atoms with Crippen molar-refractivity contribution >= 4 is 22.5 Å². The molecule has 1 atom stereocenters. The molecule has 52 heavy (non-hydrogen) atoms. The van der Waals surface area contributed by atoms with Crippen LogP contribution in [0.4, 0.5) is 11.5 Å². The van der Waals surface area contributed by atoms with Crippen molar-refractivity contribution < 1.29 is 24.1 Å². The van der Waals surface area contributed by atoms with Gasteiger partial charge in [-0.25, -0.2) is 0 Å². The Morgan fingerprint density at radius 3 is 1.90 bits per heavy atom. The second kappa shape index (κ2) is 13.3. The first kappa shape index (κ1) is 36.2. The van der Waals surface area contributed by atoms with Crippen LogP contribution in [0.1, 0.15) is 97.9 Å². The van der Waals surface area contributed by atoms with E-state index in [1.165, 1.54) is 27.9 Å². The van der Waals surface area contributed by atoms with Crippen LogP contribution in [0.25, 0.3) is 22.4 Å². The smallest absolute Gasteiger partial charge is 0.0561 e. The van der Waals surface area contributed by atoms with Crippen molar-refractivity contribution in [3.05, 3.63) is 129 Å². The number of benzene rings is 4. The van der Waals surface area contributed by atoms with Gasteiger partial charge >= 0.3 is 278 Å². The average Bonchev–Trinajstić information content (AvgIpc) is 3.38. The Bertz CT molecular complexity index is 2330. The zero-order chi connectivity index (χ0) is 37.2. The van der Waals surface area contributed by atoms with Crippen LogP contribution in [0.15, 0.2) is 103 Å². The molecule has 0 bridgehead atoms. The maximum atomic E-state index is 6.86. The van der Waals surface area contributed by atoms with Crippen LogP contribution in [-0.2, 0) is 42.0 Å². The molecule has 0 amide bonds. The van der Waals surface area contributed by atoms with Gasteiger partial charge in [0.25, 0.3) is 0 Å². The van der Waals surface area contributed by atoms with Gasteiger partial charge < -0.3 is 0 Å². The van der Waals surface area contributed by atoms with E-state index in [2.05, 4.69) is 200 Å². The number of imidazole rings is 1. The van der Waals surface area contributed by atoms with Crippen LogP contribution in [0.2, 0.25) is 0 Å². The molecule has 0 spiro atoms. The van der Waals surface area contributed by atoms with Crippen molar-refractivity contribution in [3.8, 4) is 22.9 Å². The predicted octanol–water partition coefficient (Wildman–Crippen LogP) is 12.1. The minimum absolute atomic E-state index is 0.0410. The Hall–Kier alpha value is -4.21. The topological polar surface area (TPSA) is 35.2 Å². The van der Waals surface area contributed by atoms with E-state index in [1.54, 1.807) is 0 Å². The van der Waals surface area contributed by atoms with Gasteiger partial charge in [-0.1, -0.05) is 20.8 Å². The van der Waals surface area contributed by atoms with Gasteiger partial charge in [-0.05, 0) is 17.0 Å². The molecular formula is C46H52N4OPt. The summed E-state index contributed by atoms with van der Waals surface area (Å²) >= 11 is 2.49. The molecule has 3 heterocycles. The normalized spacial score (nSPS) is 15.2. The second-order valence-corrected chi connectivity index (χ2v) is 18.5. The molecule has 1 aliphatic heterocycles. The van der Waals surface area contributed by atoms with E-state index in [-0.39, 0.29) is 16.2 Å². The number of para-hydroxylation sites is 2. The molecule has 0 saturated carbocycles. The molecule has 0 aliphatic carbocycles. The van der Waals surface area contributed by atoms with Crippen molar-refractivity contribution in [2.45, 2.75) is 104 Å². The zero-order valence-electron chi connectivity index (χ0n) is 32.3. The first-order valence-electron chi connectivity index (χ1n) is 18.5. The zero-order valence-corrected chi connectivity index (χ0v) is 34.6. The van der Waals surface area contributed by atoms with E-state index in [0.717, 1.165) is 56.4 Å². The number of rotatable bonds is 5. The first-order chi connectivity index (χ1) is 24.5. The summed E-state index contributed by atoms with van der Waals surface area (Å²) in [6.07, 6.45) is 4.07. The van der Waals surface area contributed by atoms with Crippen molar-refractivity contribution in [1.29, 1.82) is 0 Å². The summed E-state index contributed by atoms with van der Waals surface area (Å²) in [5.41, 5.74) is 10.9. The van der Waals surface area contributed by atoms with E-state index in [4.69, 9.17) is 9.72 Å². The van der Waals surface area contributed by atoms with Gasteiger partial charge in [0.2, 0.25) is 0 Å². The monoisotopic (exact) mass is 871 g/mol. The average molecular weight is 872 g/mol. The number of ether oxygens (including phenoxy) is 1. The molecule has 1 aliphatic rings. The summed E-state index contributed by atoms with van der Waals surface area (Å²) in [5, 5.41) is 0. The Balaban J connectivity index is 1.32. The quantitative estimate of drug-likeness (QED) is 0.173. The molecule has 2 aromatic heterocycles. The number of aromatic nitrogens is 3. The molecule has 0 N–H and O–H groups in total. The first-order valence-corrected chi connectivity index (χ1v) is 19.6. The molecular weight excluding hydrogens is 820 g/mol. The van der Waals surface area contributed by atoms with Crippen LogP contribution in [0, 0.1) is 3.80 Å². The number of nitrogens with zero attached hydrogens (tertiary/aromatic N) is 4. The number of anilines is 2. The molecule has 5 nitrogen and oxygen atoms in total. The summed E-state index contributed by atoms with van der Waals surface area (Å²) in [6.45, 7) is 22.7. The number of aryl methyl sites for hydroxylation is 1. The van der Waals surface area contributed by atoms with E-state index in [0.29, 0.717) is 6.04 Å². The van der Waals surface area contributed by atoms with Crippen molar-refractivity contribution in [1.82, 2.24) is 14.1 Å². The third-order valence-corrected chi connectivity index (χ3v) is 11.4. The summed E-state index contributed by atoms with van der Waals surface area (Å²) < 4.78 is 12.7. The standard InChI is InChI=1S/C46H52N4O.Pt/c1-31-15-16-32-17-22-38(29-42(32)50(31)43-27-34(23-24-47-43)45(5,6)7)51-39-26-35(46(8,9)10)25-37(28-39)49-30-48(40-13-11-12-14-41(40)49)36-20-18-33(19-21-36)44(2,3)4;/h11-14,17-29,31H,15-16H2,1-10H3;. The Morgan fingerprint density at radius 2 is 1.27 bits per heavy atom. The van der Waals surface area contributed by atoms with E-state index < -0.39 is 0 Å². The van der Waals surface area contributed by atoms with Gasteiger partial charge in [0.1, 0.15) is 0 Å². The van der Waals surface area contributed by atoms with Gasteiger partial charge in [0.15, 0.2) is 0 Å². The number of hydrogen-bond donors (Lipinski definition) is 0. The molecule has 0 saturated heterocycles. The third kappa shape index (κ3) is 6.97. The van der Waals surface area contributed by atoms with Gasteiger partial charge in [-0.2, -0.15) is 0 Å². The molecule has 4 aromatic carbocycles. The molecule has 6 aromatic rings. The summed E-state index contributed by atoms with van der Waals surface area (Å²) in [7, 11) is 0. The molecule has 272 valence electrons.